The van der Waals surface area contributed by atoms with Crippen LogP contribution >= 0.6 is 0 Å². The zero-order valence-electron chi connectivity index (χ0n) is 21.5. The number of carbonyl (C=O) groups is 1. The van der Waals surface area contributed by atoms with Gasteiger partial charge in [0.1, 0.15) is 11.8 Å². The van der Waals surface area contributed by atoms with Crippen LogP contribution in [0.1, 0.15) is 50.4 Å². The van der Waals surface area contributed by atoms with Crippen molar-refractivity contribution in [2.24, 2.45) is 7.05 Å². The summed E-state index contributed by atoms with van der Waals surface area (Å²) in [5.74, 6) is 0.791. The highest BCUT2D eigenvalue weighted by atomic mass is 16.5. The summed E-state index contributed by atoms with van der Waals surface area (Å²) in [6.45, 7) is 4.39. The number of benzene rings is 2. The van der Waals surface area contributed by atoms with Gasteiger partial charge in [-0.1, -0.05) is 12.1 Å². The standard InChI is InChI=1S/C29H32N6O2/c1-19(2)32-29(36)33-21-9-7-20(8-10-21)28-26(16-30)25-12-11-24(15-27(25)35(28)22-5-4-6-22)37-14-13-23-17-31-18-34(23)3/h7-12,15,17-19,22H,4-6,13-14H2,1-3H3,(H2,32,33,36). The molecule has 0 aliphatic heterocycles. The average molecular weight is 497 g/mol. The lowest BCUT2D eigenvalue weighted by Crippen LogP contribution is -2.34. The highest BCUT2D eigenvalue weighted by molar-refractivity contribution is 5.96. The number of imidazole rings is 1. The van der Waals surface area contributed by atoms with Gasteiger partial charge in [-0.05, 0) is 62.9 Å². The van der Waals surface area contributed by atoms with Gasteiger partial charge in [0.2, 0.25) is 0 Å². The van der Waals surface area contributed by atoms with E-state index in [9.17, 15) is 10.1 Å². The van der Waals surface area contributed by atoms with E-state index in [4.69, 9.17) is 4.74 Å². The number of carbonyl (C=O) groups excluding carboxylic acids is 1. The van der Waals surface area contributed by atoms with E-state index in [1.165, 1.54) is 6.42 Å². The fraction of sp³-hybridized carbons (Fsp3) is 0.345. The Kier molecular flexibility index (Phi) is 6.87. The predicted molar refractivity (Wildman–Crippen MR) is 145 cm³/mol. The van der Waals surface area contributed by atoms with Crippen molar-refractivity contribution < 1.29 is 9.53 Å². The minimum atomic E-state index is -0.236. The molecule has 37 heavy (non-hydrogen) atoms. The van der Waals surface area contributed by atoms with Gasteiger partial charge in [0.05, 0.1) is 29.7 Å². The largest absolute Gasteiger partial charge is 0.493 e. The minimum absolute atomic E-state index is 0.0552. The molecule has 4 aromatic rings. The molecule has 2 N–H and O–H groups in total. The maximum absolute atomic E-state index is 12.1. The molecule has 1 fully saturated rings. The third-order valence-corrected chi connectivity index (χ3v) is 6.91. The van der Waals surface area contributed by atoms with Crippen LogP contribution < -0.4 is 15.4 Å². The molecule has 5 rings (SSSR count). The number of nitrogens with zero attached hydrogens (tertiary/aromatic N) is 4. The fourth-order valence-corrected chi connectivity index (χ4v) is 4.84. The maximum Gasteiger partial charge on any atom is 0.319 e. The molecule has 1 saturated carbocycles. The predicted octanol–water partition coefficient (Wildman–Crippen LogP) is 5.79. The highest BCUT2D eigenvalue weighted by Gasteiger charge is 2.28. The zero-order valence-corrected chi connectivity index (χ0v) is 21.5. The van der Waals surface area contributed by atoms with Gasteiger partial charge in [-0.15, -0.1) is 0 Å². The summed E-state index contributed by atoms with van der Waals surface area (Å²) >= 11 is 0. The molecule has 2 amide bonds. The lowest BCUT2D eigenvalue weighted by Gasteiger charge is -2.30. The Bertz CT molecular complexity index is 1450. The number of nitrogens with one attached hydrogen (secondary N) is 2. The average Bonchev–Trinajstić information content (AvgIpc) is 3.38. The molecule has 0 saturated heterocycles. The summed E-state index contributed by atoms with van der Waals surface area (Å²) in [4.78, 5) is 16.3. The van der Waals surface area contributed by atoms with E-state index in [-0.39, 0.29) is 12.1 Å². The van der Waals surface area contributed by atoms with Crippen LogP contribution in [0.2, 0.25) is 0 Å². The Morgan fingerprint density at radius 1 is 1.22 bits per heavy atom. The van der Waals surface area contributed by atoms with E-state index < -0.39 is 0 Å². The van der Waals surface area contributed by atoms with Gasteiger partial charge >= 0.3 is 6.03 Å². The van der Waals surface area contributed by atoms with E-state index in [1.54, 1.807) is 6.33 Å². The number of aryl methyl sites for hydroxylation is 1. The van der Waals surface area contributed by atoms with Gasteiger partial charge in [-0.3, -0.25) is 0 Å². The molecule has 8 heteroatoms. The van der Waals surface area contributed by atoms with Crippen LogP contribution in [-0.2, 0) is 13.5 Å². The first kappa shape index (κ1) is 24.4. The first-order valence-electron chi connectivity index (χ1n) is 12.8. The van der Waals surface area contributed by atoms with Crippen molar-refractivity contribution in [3.63, 3.8) is 0 Å². The molecule has 190 valence electrons. The van der Waals surface area contributed by atoms with Crippen LogP contribution in [0.5, 0.6) is 5.75 Å². The van der Waals surface area contributed by atoms with Crippen molar-refractivity contribution in [1.29, 1.82) is 5.26 Å². The third-order valence-electron chi connectivity index (χ3n) is 6.91. The van der Waals surface area contributed by atoms with Crippen LogP contribution in [0.3, 0.4) is 0 Å². The van der Waals surface area contributed by atoms with Crippen LogP contribution in [0.4, 0.5) is 10.5 Å². The normalized spacial score (nSPS) is 13.4. The second-order valence-corrected chi connectivity index (χ2v) is 9.89. The molecule has 1 aliphatic rings. The van der Waals surface area contributed by atoms with Crippen molar-refractivity contribution >= 4 is 22.6 Å². The smallest absolute Gasteiger partial charge is 0.319 e. The van der Waals surface area contributed by atoms with Gasteiger partial charge < -0.3 is 24.5 Å². The van der Waals surface area contributed by atoms with Gasteiger partial charge in [0.15, 0.2) is 0 Å². The Labute approximate surface area is 216 Å². The molecule has 0 spiro atoms. The Morgan fingerprint density at radius 3 is 2.62 bits per heavy atom. The maximum atomic E-state index is 12.1. The number of amides is 2. The lowest BCUT2D eigenvalue weighted by atomic mass is 9.92. The topological polar surface area (TPSA) is 96.9 Å². The molecular formula is C29H32N6O2. The lowest BCUT2D eigenvalue weighted by molar-refractivity contribution is 0.250. The summed E-state index contributed by atoms with van der Waals surface area (Å²) in [5, 5.41) is 16.8. The molecule has 2 heterocycles. The molecule has 0 radical (unpaired) electrons. The number of anilines is 1. The number of hydrogen-bond acceptors (Lipinski definition) is 4. The van der Waals surface area contributed by atoms with Crippen molar-refractivity contribution in [1.82, 2.24) is 19.4 Å². The molecule has 0 unspecified atom stereocenters. The molecular weight excluding hydrogens is 464 g/mol. The zero-order chi connectivity index (χ0) is 25.9. The number of ether oxygens (including phenoxy) is 1. The van der Waals surface area contributed by atoms with E-state index in [0.29, 0.717) is 23.9 Å². The van der Waals surface area contributed by atoms with E-state index in [0.717, 1.165) is 52.9 Å². The van der Waals surface area contributed by atoms with Gasteiger partial charge in [0, 0.05) is 54.6 Å². The summed E-state index contributed by atoms with van der Waals surface area (Å²) in [5.41, 5.74) is 5.39. The minimum Gasteiger partial charge on any atom is -0.493 e. The number of hydrogen-bond donors (Lipinski definition) is 2. The van der Waals surface area contributed by atoms with Gasteiger partial charge in [0.25, 0.3) is 0 Å². The summed E-state index contributed by atoms with van der Waals surface area (Å²) in [7, 11) is 1.98. The SMILES string of the molecule is CC(C)NC(=O)Nc1ccc(-c2c(C#N)c3ccc(OCCc4cncn4C)cc3n2C2CCC2)cc1. The van der Waals surface area contributed by atoms with Crippen LogP contribution in [0.25, 0.3) is 22.2 Å². The Hall–Kier alpha value is -4.25. The second-order valence-electron chi connectivity index (χ2n) is 9.89. The Balaban J connectivity index is 1.46. The Morgan fingerprint density at radius 2 is 2.00 bits per heavy atom. The van der Waals surface area contributed by atoms with Gasteiger partial charge in [-0.25, -0.2) is 9.78 Å². The fourth-order valence-electron chi connectivity index (χ4n) is 4.84. The number of urea groups is 1. The first-order valence-corrected chi connectivity index (χ1v) is 12.8. The van der Waals surface area contributed by atoms with E-state index >= 15 is 0 Å². The number of nitriles is 1. The molecule has 2 aromatic carbocycles. The van der Waals surface area contributed by atoms with E-state index in [1.807, 2.05) is 68.1 Å². The summed E-state index contributed by atoms with van der Waals surface area (Å²) < 4.78 is 10.4. The van der Waals surface area contributed by atoms with Crippen molar-refractivity contribution in [2.45, 2.75) is 51.6 Å². The molecule has 8 nitrogen and oxygen atoms in total. The third kappa shape index (κ3) is 5.03. The van der Waals surface area contributed by atoms with Crippen molar-refractivity contribution in [3.05, 3.63) is 66.2 Å². The summed E-state index contributed by atoms with van der Waals surface area (Å²) in [6, 6.07) is 16.3. The first-order chi connectivity index (χ1) is 17.9. The van der Waals surface area contributed by atoms with Crippen LogP contribution in [0.15, 0.2) is 55.0 Å². The van der Waals surface area contributed by atoms with E-state index in [2.05, 4.69) is 32.3 Å². The monoisotopic (exact) mass is 496 g/mol. The second kappa shape index (κ2) is 10.4. The quantitative estimate of drug-likeness (QED) is 0.323. The number of fused-ring (bicyclic) bond motifs is 1. The number of aromatic nitrogens is 3. The highest BCUT2D eigenvalue weighted by Crippen LogP contribution is 2.43. The summed E-state index contributed by atoms with van der Waals surface area (Å²) in [6.07, 6.45) is 7.77. The van der Waals surface area contributed by atoms with Crippen molar-refractivity contribution in [2.75, 3.05) is 11.9 Å². The van der Waals surface area contributed by atoms with Gasteiger partial charge in [-0.2, -0.15) is 5.26 Å². The van der Waals surface area contributed by atoms with Crippen LogP contribution in [-0.4, -0.2) is 32.8 Å². The molecule has 1 aliphatic carbocycles. The molecule has 0 atom stereocenters. The van der Waals surface area contributed by atoms with Crippen molar-refractivity contribution in [3.8, 4) is 23.1 Å². The number of rotatable bonds is 8. The molecule has 0 bridgehead atoms. The molecule has 2 aromatic heterocycles. The van der Waals surface area contributed by atoms with Crippen LogP contribution in [0, 0.1) is 11.3 Å².